The minimum atomic E-state index is -1.73. The molecule has 0 aromatic carbocycles. The molecule has 0 saturated heterocycles. The number of hydrogen-bond donors (Lipinski definition) is 0. The van der Waals surface area contributed by atoms with Crippen molar-refractivity contribution in [2.75, 3.05) is 14.2 Å². The number of hydrogen-bond acceptors (Lipinski definition) is 2. The van der Waals surface area contributed by atoms with Crippen molar-refractivity contribution in [1.82, 2.24) is 0 Å². The van der Waals surface area contributed by atoms with Gasteiger partial charge >= 0.3 is 107 Å². The van der Waals surface area contributed by atoms with Gasteiger partial charge < -0.3 is 10.2 Å². The molecular formula is C17H26O2Zr. The Labute approximate surface area is 131 Å². The summed E-state index contributed by atoms with van der Waals surface area (Å²) in [5.74, 6) is 0.661. The van der Waals surface area contributed by atoms with Crippen LogP contribution in [0.3, 0.4) is 0 Å². The molecule has 2 nitrogen and oxygen atoms in total. The third-order valence-corrected chi connectivity index (χ3v) is 10.5. The van der Waals surface area contributed by atoms with Gasteiger partial charge in [0.1, 0.15) is 0 Å². The molecule has 0 aromatic heterocycles. The van der Waals surface area contributed by atoms with Crippen molar-refractivity contribution in [3.63, 3.8) is 0 Å². The van der Waals surface area contributed by atoms with Crippen LogP contribution >= 0.6 is 0 Å². The predicted molar refractivity (Wildman–Crippen MR) is 81.0 cm³/mol. The normalized spacial score (nSPS) is 19.8. The monoisotopic (exact) mass is 352 g/mol. The van der Waals surface area contributed by atoms with E-state index in [1.165, 1.54) is 12.0 Å². The SMILES string of the molecule is C[O-].C[O-].[CH2]=[Zr+2]([C]1=CC=CC1)[C]1=C(C)C(C)=C(C)C1C. The third kappa shape index (κ3) is 4.07. The molecule has 0 aliphatic heterocycles. The van der Waals surface area contributed by atoms with E-state index in [2.05, 4.69) is 50.1 Å². The van der Waals surface area contributed by atoms with Crippen molar-refractivity contribution in [3.05, 3.63) is 41.5 Å². The average molecular weight is 354 g/mol. The Hall–Kier alpha value is -0.367. The van der Waals surface area contributed by atoms with Gasteiger partial charge in [0.05, 0.1) is 0 Å². The van der Waals surface area contributed by atoms with E-state index in [1.807, 2.05) is 0 Å². The first-order valence-electron chi connectivity index (χ1n) is 6.79. The first-order chi connectivity index (χ1) is 9.54. The van der Waals surface area contributed by atoms with Crippen LogP contribution in [0.2, 0.25) is 0 Å². The first-order valence-corrected chi connectivity index (χ1v) is 11.0. The summed E-state index contributed by atoms with van der Waals surface area (Å²) in [5, 5.41) is 16.5. The van der Waals surface area contributed by atoms with Crippen LogP contribution < -0.4 is 10.2 Å². The maximum atomic E-state index is 8.25. The molecule has 3 heteroatoms. The maximum absolute atomic E-state index is 8.25. The molecule has 0 bridgehead atoms. The quantitative estimate of drug-likeness (QED) is 0.763. The van der Waals surface area contributed by atoms with E-state index in [-0.39, 0.29) is 0 Å². The topological polar surface area (TPSA) is 46.1 Å². The Kier molecular flexibility index (Phi) is 9.37. The van der Waals surface area contributed by atoms with Gasteiger partial charge in [0.15, 0.2) is 0 Å². The fourth-order valence-corrected chi connectivity index (χ4v) is 8.56. The Morgan fingerprint density at radius 3 is 2.00 bits per heavy atom. The molecule has 0 amide bonds. The molecule has 0 N–H and O–H groups in total. The summed E-state index contributed by atoms with van der Waals surface area (Å²) in [6, 6.07) is 0. The van der Waals surface area contributed by atoms with Crippen LogP contribution in [-0.4, -0.2) is 18.4 Å². The second-order valence-corrected chi connectivity index (χ2v) is 10.1. The summed E-state index contributed by atoms with van der Waals surface area (Å²) < 4.78 is 7.96. The molecule has 2 rings (SSSR count). The van der Waals surface area contributed by atoms with Crippen molar-refractivity contribution >= 4 is 4.21 Å². The van der Waals surface area contributed by atoms with E-state index >= 15 is 0 Å². The van der Waals surface area contributed by atoms with Crippen molar-refractivity contribution < 1.29 is 31.5 Å². The van der Waals surface area contributed by atoms with Crippen LogP contribution in [0.15, 0.2) is 41.5 Å². The van der Waals surface area contributed by atoms with Crippen LogP contribution in [0.4, 0.5) is 0 Å². The van der Waals surface area contributed by atoms with Gasteiger partial charge in [-0.1, -0.05) is 0 Å². The van der Waals surface area contributed by atoms with Gasteiger partial charge in [-0.2, -0.15) is 14.2 Å². The van der Waals surface area contributed by atoms with Gasteiger partial charge in [-0.3, -0.25) is 0 Å². The summed E-state index contributed by atoms with van der Waals surface area (Å²) in [6.07, 6.45) is 7.95. The van der Waals surface area contributed by atoms with Crippen LogP contribution in [0.5, 0.6) is 0 Å². The van der Waals surface area contributed by atoms with Crippen LogP contribution in [0, 0.1) is 5.92 Å². The first kappa shape index (κ1) is 19.6. The molecule has 0 fully saturated rings. The van der Waals surface area contributed by atoms with Crippen LogP contribution in [0.1, 0.15) is 34.1 Å². The van der Waals surface area contributed by atoms with Crippen LogP contribution in [0.25, 0.3) is 0 Å². The van der Waals surface area contributed by atoms with Gasteiger partial charge in [-0.25, -0.2) is 0 Å². The second-order valence-electron chi connectivity index (χ2n) is 4.87. The van der Waals surface area contributed by atoms with Crippen molar-refractivity contribution in [2.45, 2.75) is 34.1 Å². The Morgan fingerprint density at radius 1 is 1.10 bits per heavy atom. The summed E-state index contributed by atoms with van der Waals surface area (Å²) in [6.45, 7) is 9.21. The van der Waals surface area contributed by atoms with Gasteiger partial charge in [0.2, 0.25) is 0 Å². The second kappa shape index (κ2) is 9.55. The molecule has 0 spiro atoms. The van der Waals surface area contributed by atoms with Crippen molar-refractivity contribution in [1.29, 1.82) is 0 Å². The zero-order valence-corrected chi connectivity index (χ0v) is 16.0. The zero-order chi connectivity index (χ0) is 15.9. The molecule has 20 heavy (non-hydrogen) atoms. The van der Waals surface area contributed by atoms with Gasteiger partial charge in [-0.05, 0) is 0 Å². The molecule has 0 aromatic rings. The predicted octanol–water partition coefficient (Wildman–Crippen LogP) is 2.09. The Morgan fingerprint density at radius 2 is 1.65 bits per heavy atom. The molecule has 0 radical (unpaired) electrons. The van der Waals surface area contributed by atoms with Gasteiger partial charge in [0, 0.05) is 0 Å². The van der Waals surface area contributed by atoms with E-state index in [4.69, 9.17) is 10.2 Å². The van der Waals surface area contributed by atoms with E-state index in [0.717, 1.165) is 14.2 Å². The number of allylic oxidation sites excluding steroid dienone is 8. The molecular weight excluding hydrogens is 327 g/mol. The van der Waals surface area contributed by atoms with Crippen molar-refractivity contribution in [3.8, 4) is 0 Å². The van der Waals surface area contributed by atoms with E-state index < -0.39 is 21.3 Å². The van der Waals surface area contributed by atoms with E-state index in [9.17, 15) is 0 Å². The summed E-state index contributed by atoms with van der Waals surface area (Å²) in [5.41, 5.74) is 4.65. The Bertz CT molecular complexity index is 479. The molecule has 2 aliphatic rings. The fourth-order valence-electron chi connectivity index (χ4n) is 2.70. The van der Waals surface area contributed by atoms with Gasteiger partial charge in [0.25, 0.3) is 0 Å². The number of rotatable bonds is 2. The third-order valence-electron chi connectivity index (χ3n) is 4.12. The summed E-state index contributed by atoms with van der Waals surface area (Å²) in [7, 11) is 1.50. The average Bonchev–Trinajstić information content (AvgIpc) is 3.09. The standard InChI is InChI=1S/C9H13.C5H5.2CH3O.CH2.Zr/c1-6-5-7(2)9(4)8(6)3;1-2-4-5-3-1;2*1-2;;/h6H,1-4H3;1-3H,4H2;2*1H3;1H2;/q;;2*-1;;+2. The fraction of sp³-hybridized carbons (Fsp3) is 0.471. The molecule has 1 unspecified atom stereocenters. The summed E-state index contributed by atoms with van der Waals surface area (Å²) in [4.78, 5) is 0. The molecule has 110 valence electrons. The molecule has 2 aliphatic carbocycles. The van der Waals surface area contributed by atoms with Crippen LogP contribution in [-0.2, 0) is 21.3 Å². The summed E-state index contributed by atoms with van der Waals surface area (Å²) >= 11 is -1.73. The molecule has 0 saturated carbocycles. The van der Waals surface area contributed by atoms with E-state index in [0.29, 0.717) is 5.92 Å². The molecule has 1 atom stereocenters. The molecule has 0 heterocycles. The van der Waals surface area contributed by atoms with Crippen molar-refractivity contribution in [2.24, 2.45) is 5.92 Å². The van der Waals surface area contributed by atoms with Gasteiger partial charge in [-0.15, -0.1) is 0 Å². The van der Waals surface area contributed by atoms with E-state index in [1.54, 1.807) is 17.7 Å². The minimum absolute atomic E-state index is 0.661. The Balaban J connectivity index is 0.000000829. The zero-order valence-electron chi connectivity index (χ0n) is 13.5.